The van der Waals surface area contributed by atoms with Gasteiger partial charge in [0, 0.05) is 25.8 Å². The molecular formula is C16H25N3O2. The number of nitrogens with zero attached hydrogens (tertiary/aromatic N) is 2. The zero-order valence-corrected chi connectivity index (χ0v) is 13.1. The Hall–Kier alpha value is -1.62. The molecule has 5 nitrogen and oxygen atoms in total. The second-order valence-corrected chi connectivity index (χ2v) is 6.29. The van der Waals surface area contributed by atoms with Crippen molar-refractivity contribution in [3.8, 4) is 0 Å². The van der Waals surface area contributed by atoms with Gasteiger partial charge in [0.2, 0.25) is 0 Å². The highest BCUT2D eigenvalue weighted by atomic mass is 16.3. The normalized spacial score (nSPS) is 17.9. The number of anilines is 1. The molecule has 1 fully saturated rings. The lowest BCUT2D eigenvalue weighted by Crippen LogP contribution is -2.44. The van der Waals surface area contributed by atoms with Gasteiger partial charge in [-0.1, -0.05) is 13.8 Å². The van der Waals surface area contributed by atoms with Crippen molar-refractivity contribution in [2.45, 2.75) is 39.2 Å². The number of pyridine rings is 1. The number of rotatable bonds is 5. The van der Waals surface area contributed by atoms with E-state index >= 15 is 0 Å². The van der Waals surface area contributed by atoms with Gasteiger partial charge in [0.1, 0.15) is 5.82 Å². The number of hydrogen-bond acceptors (Lipinski definition) is 4. The standard InChI is InChI=1S/C16H25N3O2/c1-12(2)16(3,21)11-18-15(20)13-6-7-14(17-10-13)19-8-4-5-9-19/h6-7,10,12,21H,4-5,8-9,11H2,1-3H3,(H,18,20). The molecule has 0 bridgehead atoms. The fraction of sp³-hybridized carbons (Fsp3) is 0.625. The zero-order chi connectivity index (χ0) is 15.5. The fourth-order valence-electron chi connectivity index (χ4n) is 2.22. The molecule has 0 spiro atoms. The van der Waals surface area contributed by atoms with Crippen molar-refractivity contribution in [1.29, 1.82) is 0 Å². The molecule has 1 aliphatic heterocycles. The molecule has 1 unspecified atom stereocenters. The largest absolute Gasteiger partial charge is 0.388 e. The molecule has 0 saturated carbocycles. The average molecular weight is 291 g/mol. The summed E-state index contributed by atoms with van der Waals surface area (Å²) in [5.41, 5.74) is -0.379. The van der Waals surface area contributed by atoms with E-state index in [9.17, 15) is 9.90 Å². The molecule has 0 aromatic carbocycles. The highest BCUT2D eigenvalue weighted by molar-refractivity contribution is 5.94. The lowest BCUT2D eigenvalue weighted by molar-refractivity contribution is 0.0142. The van der Waals surface area contributed by atoms with Gasteiger partial charge < -0.3 is 15.3 Å². The monoisotopic (exact) mass is 291 g/mol. The summed E-state index contributed by atoms with van der Waals surface area (Å²) in [5, 5.41) is 12.9. The van der Waals surface area contributed by atoms with Crippen LogP contribution in [0.1, 0.15) is 44.0 Å². The van der Waals surface area contributed by atoms with Gasteiger partial charge in [-0.05, 0) is 37.8 Å². The van der Waals surface area contributed by atoms with Crippen LogP contribution in [0.3, 0.4) is 0 Å². The Kier molecular flexibility index (Phi) is 4.83. The summed E-state index contributed by atoms with van der Waals surface area (Å²) in [4.78, 5) is 18.7. The molecule has 5 heteroatoms. The minimum Gasteiger partial charge on any atom is -0.388 e. The van der Waals surface area contributed by atoms with Crippen LogP contribution in [0.4, 0.5) is 5.82 Å². The van der Waals surface area contributed by atoms with Crippen molar-refractivity contribution in [3.05, 3.63) is 23.9 Å². The van der Waals surface area contributed by atoms with Gasteiger partial charge in [0.15, 0.2) is 0 Å². The number of carbonyl (C=O) groups is 1. The van der Waals surface area contributed by atoms with Gasteiger partial charge in [-0.3, -0.25) is 4.79 Å². The highest BCUT2D eigenvalue weighted by Gasteiger charge is 2.25. The first-order valence-corrected chi connectivity index (χ1v) is 7.62. The Morgan fingerprint density at radius 3 is 2.62 bits per heavy atom. The van der Waals surface area contributed by atoms with Crippen molar-refractivity contribution < 1.29 is 9.90 Å². The van der Waals surface area contributed by atoms with Crippen molar-refractivity contribution in [2.75, 3.05) is 24.5 Å². The predicted molar refractivity (Wildman–Crippen MR) is 83.5 cm³/mol. The molecule has 1 atom stereocenters. The number of aliphatic hydroxyl groups is 1. The maximum Gasteiger partial charge on any atom is 0.252 e. The second-order valence-electron chi connectivity index (χ2n) is 6.29. The summed E-state index contributed by atoms with van der Waals surface area (Å²) < 4.78 is 0. The topological polar surface area (TPSA) is 65.5 Å². The lowest BCUT2D eigenvalue weighted by atomic mass is 9.92. The van der Waals surface area contributed by atoms with Crippen molar-refractivity contribution >= 4 is 11.7 Å². The number of nitrogens with one attached hydrogen (secondary N) is 1. The van der Waals surface area contributed by atoms with Crippen LogP contribution >= 0.6 is 0 Å². The van der Waals surface area contributed by atoms with E-state index in [1.165, 1.54) is 12.8 Å². The van der Waals surface area contributed by atoms with Crippen LogP contribution in [0.15, 0.2) is 18.3 Å². The third-order valence-electron chi connectivity index (χ3n) is 4.29. The number of hydrogen-bond donors (Lipinski definition) is 2. The summed E-state index contributed by atoms with van der Waals surface area (Å²) in [6, 6.07) is 3.68. The summed E-state index contributed by atoms with van der Waals surface area (Å²) in [6.07, 6.45) is 4.01. The third-order valence-corrected chi connectivity index (χ3v) is 4.29. The van der Waals surface area contributed by atoms with Gasteiger partial charge >= 0.3 is 0 Å². The Balaban J connectivity index is 1.93. The van der Waals surface area contributed by atoms with E-state index in [1.54, 1.807) is 19.2 Å². The number of carbonyl (C=O) groups excluding carboxylic acids is 1. The molecule has 0 aliphatic carbocycles. The molecule has 1 saturated heterocycles. The number of aromatic nitrogens is 1. The maximum absolute atomic E-state index is 12.1. The number of amides is 1. The van der Waals surface area contributed by atoms with Crippen LogP contribution in [0.5, 0.6) is 0 Å². The van der Waals surface area contributed by atoms with Gasteiger partial charge in [-0.25, -0.2) is 4.98 Å². The minimum absolute atomic E-state index is 0.0773. The molecule has 1 aromatic rings. The van der Waals surface area contributed by atoms with E-state index in [2.05, 4.69) is 15.2 Å². The van der Waals surface area contributed by atoms with Crippen LogP contribution in [0.25, 0.3) is 0 Å². The van der Waals surface area contributed by atoms with Gasteiger partial charge in [0.05, 0.1) is 11.2 Å². The van der Waals surface area contributed by atoms with Crippen LogP contribution in [-0.4, -0.2) is 41.2 Å². The molecule has 2 N–H and O–H groups in total. The van der Waals surface area contributed by atoms with Crippen LogP contribution in [0.2, 0.25) is 0 Å². The molecule has 1 aliphatic rings. The SMILES string of the molecule is CC(C)C(C)(O)CNC(=O)c1ccc(N2CCCC2)nc1. The van der Waals surface area contributed by atoms with Crippen LogP contribution in [0, 0.1) is 5.92 Å². The van der Waals surface area contributed by atoms with E-state index in [1.807, 2.05) is 19.9 Å². The lowest BCUT2D eigenvalue weighted by Gasteiger charge is -2.27. The zero-order valence-electron chi connectivity index (χ0n) is 13.1. The van der Waals surface area contributed by atoms with E-state index in [-0.39, 0.29) is 18.4 Å². The Morgan fingerprint density at radius 2 is 2.10 bits per heavy atom. The molecule has 116 valence electrons. The van der Waals surface area contributed by atoms with Crippen molar-refractivity contribution in [1.82, 2.24) is 10.3 Å². The van der Waals surface area contributed by atoms with Crippen LogP contribution < -0.4 is 10.2 Å². The first-order valence-electron chi connectivity index (χ1n) is 7.62. The van der Waals surface area contributed by atoms with Gasteiger partial charge in [-0.15, -0.1) is 0 Å². The average Bonchev–Trinajstić information content (AvgIpc) is 2.99. The van der Waals surface area contributed by atoms with Crippen LogP contribution in [-0.2, 0) is 0 Å². The fourth-order valence-corrected chi connectivity index (χ4v) is 2.22. The first kappa shape index (κ1) is 15.8. The second kappa shape index (κ2) is 6.43. The molecular weight excluding hydrogens is 266 g/mol. The Labute approximate surface area is 126 Å². The van der Waals surface area contributed by atoms with Gasteiger partial charge in [-0.2, -0.15) is 0 Å². The quantitative estimate of drug-likeness (QED) is 0.868. The molecule has 2 rings (SSSR count). The smallest absolute Gasteiger partial charge is 0.252 e. The highest BCUT2D eigenvalue weighted by Crippen LogP contribution is 2.18. The third kappa shape index (κ3) is 3.94. The summed E-state index contributed by atoms with van der Waals surface area (Å²) in [5.74, 6) is 0.808. The van der Waals surface area contributed by atoms with E-state index in [0.29, 0.717) is 5.56 Å². The summed E-state index contributed by atoms with van der Waals surface area (Å²) in [6.45, 7) is 7.90. The van der Waals surface area contributed by atoms with E-state index < -0.39 is 5.60 Å². The first-order chi connectivity index (χ1) is 9.90. The van der Waals surface area contributed by atoms with Crippen molar-refractivity contribution in [2.24, 2.45) is 5.92 Å². The molecule has 21 heavy (non-hydrogen) atoms. The summed E-state index contributed by atoms with van der Waals surface area (Å²) in [7, 11) is 0. The summed E-state index contributed by atoms with van der Waals surface area (Å²) >= 11 is 0. The molecule has 1 amide bonds. The van der Waals surface area contributed by atoms with E-state index in [0.717, 1.165) is 18.9 Å². The molecule has 1 aromatic heterocycles. The van der Waals surface area contributed by atoms with Crippen molar-refractivity contribution in [3.63, 3.8) is 0 Å². The van der Waals surface area contributed by atoms with E-state index in [4.69, 9.17) is 0 Å². The maximum atomic E-state index is 12.1. The Bertz CT molecular complexity index is 477. The predicted octanol–water partition coefficient (Wildman–Crippen LogP) is 1.82. The Morgan fingerprint density at radius 1 is 1.43 bits per heavy atom. The molecule has 0 radical (unpaired) electrons. The molecule has 2 heterocycles. The van der Waals surface area contributed by atoms with Gasteiger partial charge in [0.25, 0.3) is 5.91 Å². The minimum atomic E-state index is -0.904.